The van der Waals surface area contributed by atoms with E-state index in [2.05, 4.69) is 75.0 Å². The van der Waals surface area contributed by atoms with Crippen LogP contribution in [0.3, 0.4) is 0 Å². The Morgan fingerprint density at radius 2 is 1.64 bits per heavy atom. The molecule has 0 atom stereocenters. The van der Waals surface area contributed by atoms with E-state index in [0.717, 1.165) is 35.3 Å². The minimum absolute atomic E-state index is 0.0225. The number of oxazole rings is 1. The third-order valence-electron chi connectivity index (χ3n) is 5.14. The number of hydrogen-bond acceptors (Lipinski definition) is 5. The Kier molecular flexibility index (Phi) is 5.30. The summed E-state index contributed by atoms with van der Waals surface area (Å²) in [5, 5.41) is 3.14. The normalized spacial score (nSPS) is 13.3. The fourth-order valence-electron chi connectivity index (χ4n) is 3.61. The lowest BCUT2D eigenvalue weighted by molar-refractivity contribution is 0.332. The van der Waals surface area contributed by atoms with Crippen LogP contribution in [0.25, 0.3) is 0 Å². The molecule has 0 N–H and O–H groups in total. The summed E-state index contributed by atoms with van der Waals surface area (Å²) in [4.78, 5) is 13.7. The molecule has 0 saturated heterocycles. The molecule has 0 aromatic carbocycles. The van der Waals surface area contributed by atoms with Gasteiger partial charge in [0.2, 0.25) is 0 Å². The van der Waals surface area contributed by atoms with Crippen LogP contribution in [0.15, 0.2) is 28.4 Å². The van der Waals surface area contributed by atoms with Crippen LogP contribution in [0.2, 0.25) is 0 Å². The smallest absolute Gasteiger partial charge is 0.200 e. The standard InChI is InChI=1S/C22H32N4OS/c1-20(2,3)17-24-13-15(26(17)8)11-21(4,5)18-25-14-16(27-18)12-22(6,7)19-23-9-10-28-19/h9-10,13-14H,11-12H2,1-8H3. The summed E-state index contributed by atoms with van der Waals surface area (Å²) >= 11 is 1.69. The summed E-state index contributed by atoms with van der Waals surface area (Å²) in [5.41, 5.74) is 0.928. The van der Waals surface area contributed by atoms with Gasteiger partial charge in [-0.1, -0.05) is 48.5 Å². The van der Waals surface area contributed by atoms with E-state index in [1.165, 1.54) is 5.69 Å². The first-order valence-electron chi connectivity index (χ1n) is 9.76. The van der Waals surface area contributed by atoms with E-state index in [1.54, 1.807) is 11.3 Å². The van der Waals surface area contributed by atoms with Crippen LogP contribution in [0.5, 0.6) is 0 Å². The third-order valence-corrected chi connectivity index (χ3v) is 6.28. The van der Waals surface area contributed by atoms with Gasteiger partial charge in [-0.3, -0.25) is 0 Å². The molecule has 0 fully saturated rings. The number of hydrogen-bond donors (Lipinski definition) is 0. The van der Waals surface area contributed by atoms with Gasteiger partial charge in [0.1, 0.15) is 11.6 Å². The number of imidazole rings is 1. The molecule has 28 heavy (non-hydrogen) atoms. The second kappa shape index (κ2) is 7.14. The highest BCUT2D eigenvalue weighted by atomic mass is 32.1. The summed E-state index contributed by atoms with van der Waals surface area (Å²) in [5.74, 6) is 2.77. The molecule has 0 saturated carbocycles. The van der Waals surface area contributed by atoms with Crippen LogP contribution in [0.1, 0.15) is 76.6 Å². The molecule has 0 bridgehead atoms. The molecule has 152 valence electrons. The van der Waals surface area contributed by atoms with E-state index in [4.69, 9.17) is 4.42 Å². The van der Waals surface area contributed by atoms with Crippen LogP contribution >= 0.6 is 11.3 Å². The maximum absolute atomic E-state index is 6.20. The highest BCUT2D eigenvalue weighted by Gasteiger charge is 2.31. The van der Waals surface area contributed by atoms with Gasteiger partial charge in [-0.25, -0.2) is 15.0 Å². The molecule has 6 heteroatoms. The van der Waals surface area contributed by atoms with Crippen molar-refractivity contribution in [3.8, 4) is 0 Å². The fourth-order valence-corrected chi connectivity index (χ4v) is 4.37. The minimum atomic E-state index is -0.216. The van der Waals surface area contributed by atoms with Gasteiger partial charge >= 0.3 is 0 Å². The van der Waals surface area contributed by atoms with Gasteiger partial charge in [-0.05, 0) is 0 Å². The van der Waals surface area contributed by atoms with Crippen molar-refractivity contribution >= 4 is 11.3 Å². The van der Waals surface area contributed by atoms with Crippen molar-refractivity contribution in [3.63, 3.8) is 0 Å². The Morgan fingerprint density at radius 3 is 2.21 bits per heavy atom. The zero-order chi connectivity index (χ0) is 20.7. The van der Waals surface area contributed by atoms with Gasteiger partial charge < -0.3 is 8.98 Å². The number of nitrogens with zero attached hydrogens (tertiary/aromatic N) is 4. The van der Waals surface area contributed by atoms with E-state index in [-0.39, 0.29) is 16.2 Å². The van der Waals surface area contributed by atoms with Gasteiger partial charge in [-0.15, -0.1) is 11.3 Å². The Labute approximate surface area is 172 Å². The second-order valence-electron chi connectivity index (χ2n) is 9.97. The molecule has 0 aliphatic heterocycles. The minimum Gasteiger partial charge on any atom is -0.445 e. The first-order valence-corrected chi connectivity index (χ1v) is 10.6. The Balaban J connectivity index is 1.78. The number of aromatic nitrogens is 4. The highest BCUT2D eigenvalue weighted by molar-refractivity contribution is 7.09. The molecule has 0 radical (unpaired) electrons. The van der Waals surface area contributed by atoms with Crippen LogP contribution < -0.4 is 0 Å². The lowest BCUT2D eigenvalue weighted by atomic mass is 9.87. The molecular formula is C22H32N4OS. The number of thiazole rings is 1. The molecule has 0 aliphatic carbocycles. The molecule has 5 nitrogen and oxygen atoms in total. The van der Waals surface area contributed by atoms with Gasteiger partial charge in [0.05, 0.1) is 11.2 Å². The molecule has 0 aliphatic rings. The molecule has 3 heterocycles. The first-order chi connectivity index (χ1) is 12.9. The lowest BCUT2D eigenvalue weighted by Gasteiger charge is -2.23. The quantitative estimate of drug-likeness (QED) is 0.570. The average Bonchev–Trinajstić information content (AvgIpc) is 3.28. The van der Waals surface area contributed by atoms with Crippen LogP contribution in [0, 0.1) is 0 Å². The predicted molar refractivity (Wildman–Crippen MR) is 114 cm³/mol. The van der Waals surface area contributed by atoms with E-state index in [0.29, 0.717) is 0 Å². The van der Waals surface area contributed by atoms with Crippen molar-refractivity contribution in [1.82, 2.24) is 19.5 Å². The molecule has 0 unspecified atom stereocenters. The van der Waals surface area contributed by atoms with E-state index in [1.807, 2.05) is 24.0 Å². The zero-order valence-electron chi connectivity index (χ0n) is 18.3. The fraction of sp³-hybridized carbons (Fsp3) is 0.591. The second-order valence-corrected chi connectivity index (χ2v) is 10.9. The lowest BCUT2D eigenvalue weighted by Crippen LogP contribution is -2.24. The van der Waals surface area contributed by atoms with Crippen molar-refractivity contribution in [2.75, 3.05) is 0 Å². The van der Waals surface area contributed by atoms with E-state index < -0.39 is 0 Å². The molecule has 3 aromatic heterocycles. The predicted octanol–water partition coefficient (Wildman–Crippen LogP) is 5.20. The molecule has 3 aromatic rings. The first kappa shape index (κ1) is 20.8. The summed E-state index contributed by atoms with van der Waals surface area (Å²) in [6.07, 6.45) is 7.32. The van der Waals surface area contributed by atoms with Gasteiger partial charge in [-0.2, -0.15) is 0 Å². The maximum Gasteiger partial charge on any atom is 0.200 e. The molecule has 3 rings (SSSR count). The Morgan fingerprint density at radius 1 is 0.929 bits per heavy atom. The summed E-state index contributed by atoms with van der Waals surface area (Å²) in [6, 6.07) is 0. The van der Waals surface area contributed by atoms with E-state index in [9.17, 15) is 0 Å². The van der Waals surface area contributed by atoms with Crippen LogP contribution in [-0.2, 0) is 36.1 Å². The van der Waals surface area contributed by atoms with Crippen molar-refractivity contribution in [3.05, 3.63) is 52.1 Å². The zero-order valence-corrected chi connectivity index (χ0v) is 19.1. The van der Waals surface area contributed by atoms with Gasteiger partial charge in [0, 0.05) is 59.6 Å². The van der Waals surface area contributed by atoms with Gasteiger partial charge in [0.15, 0.2) is 5.89 Å². The van der Waals surface area contributed by atoms with Crippen molar-refractivity contribution in [2.45, 2.75) is 77.6 Å². The SMILES string of the molecule is Cn1c(CC(C)(C)c2ncc(CC(C)(C)c3nccs3)o2)cnc1C(C)(C)C. The van der Waals surface area contributed by atoms with Crippen LogP contribution in [-0.4, -0.2) is 19.5 Å². The maximum atomic E-state index is 6.20. The summed E-state index contributed by atoms with van der Waals surface area (Å²) in [6.45, 7) is 15.3. The average molecular weight is 401 g/mol. The topological polar surface area (TPSA) is 56.7 Å². The Hall–Kier alpha value is -1.95. The van der Waals surface area contributed by atoms with Gasteiger partial charge in [0.25, 0.3) is 0 Å². The highest BCUT2D eigenvalue weighted by Crippen LogP contribution is 2.33. The molecule has 0 amide bonds. The largest absolute Gasteiger partial charge is 0.445 e. The van der Waals surface area contributed by atoms with Crippen molar-refractivity contribution in [2.24, 2.45) is 7.05 Å². The number of rotatable bonds is 6. The van der Waals surface area contributed by atoms with Crippen LogP contribution in [0.4, 0.5) is 0 Å². The van der Waals surface area contributed by atoms with Crippen molar-refractivity contribution in [1.29, 1.82) is 0 Å². The summed E-state index contributed by atoms with van der Waals surface area (Å²) in [7, 11) is 2.09. The Bertz CT molecular complexity index is 926. The monoisotopic (exact) mass is 400 g/mol. The van der Waals surface area contributed by atoms with Crippen molar-refractivity contribution < 1.29 is 4.42 Å². The third kappa shape index (κ3) is 4.22. The molecular weight excluding hydrogens is 368 g/mol. The molecule has 0 spiro atoms. The summed E-state index contributed by atoms with van der Waals surface area (Å²) < 4.78 is 8.41. The van der Waals surface area contributed by atoms with E-state index >= 15 is 0 Å².